The second-order valence-corrected chi connectivity index (χ2v) is 3.35. The van der Waals surface area contributed by atoms with Gasteiger partial charge in [0.15, 0.2) is 0 Å². The van der Waals surface area contributed by atoms with E-state index in [9.17, 15) is 4.79 Å². The third-order valence-electron chi connectivity index (χ3n) is 1.96. The molecule has 10 heavy (non-hydrogen) atoms. The Balaban J connectivity index is 2.36. The minimum Gasteiger partial charge on any atom is -0.303 e. The summed E-state index contributed by atoms with van der Waals surface area (Å²) in [5.41, 5.74) is -0.537. The molecule has 0 amide bonds. The number of aldehydes is 1. The molecule has 56 valence electrons. The van der Waals surface area contributed by atoms with Crippen LogP contribution < -0.4 is 0 Å². The molecule has 0 unspecified atom stereocenters. The highest BCUT2D eigenvalue weighted by Gasteiger charge is 2.39. The van der Waals surface area contributed by atoms with Crippen molar-refractivity contribution in [2.45, 2.75) is 19.9 Å². The third-order valence-corrected chi connectivity index (χ3v) is 1.96. The molecule has 0 aliphatic carbocycles. The Morgan fingerprint density at radius 1 is 1.60 bits per heavy atom. The van der Waals surface area contributed by atoms with Crippen LogP contribution in [0.3, 0.4) is 0 Å². The van der Waals surface area contributed by atoms with Gasteiger partial charge in [0.25, 0.3) is 0 Å². The number of rotatable bonds is 2. The monoisotopic (exact) mass is 139 g/mol. The highest BCUT2D eigenvalue weighted by Crippen LogP contribution is 2.28. The minimum absolute atomic E-state index is 0.511. The van der Waals surface area contributed by atoms with E-state index in [0.29, 0.717) is 19.1 Å². The highest BCUT2D eigenvalue weighted by atomic mass is 16.1. The quantitative estimate of drug-likeness (QED) is 0.522. The number of hydrogen-bond acceptors (Lipinski definition) is 2. The maximum absolute atomic E-state index is 10.3. The molecule has 1 rings (SSSR count). The summed E-state index contributed by atoms with van der Waals surface area (Å²) in [4.78, 5) is 12.5. The van der Waals surface area contributed by atoms with E-state index in [1.807, 2.05) is 0 Å². The Kier molecular flexibility index (Phi) is 1.82. The van der Waals surface area contributed by atoms with Gasteiger partial charge >= 0.3 is 0 Å². The van der Waals surface area contributed by atoms with Gasteiger partial charge in [0.1, 0.15) is 6.29 Å². The summed E-state index contributed by atoms with van der Waals surface area (Å²) in [6.07, 6.45) is 0.853. The second kappa shape index (κ2) is 2.35. The van der Waals surface area contributed by atoms with Crippen LogP contribution in [0.4, 0.5) is 0 Å². The van der Waals surface area contributed by atoms with Gasteiger partial charge < -0.3 is 4.79 Å². The molecular weight excluding hydrogens is 126 g/mol. The van der Waals surface area contributed by atoms with Crippen LogP contribution in [0.1, 0.15) is 13.8 Å². The van der Waals surface area contributed by atoms with Crippen LogP contribution in [0.5, 0.6) is 0 Å². The summed E-state index contributed by atoms with van der Waals surface area (Å²) in [5.74, 6) is 0. The van der Waals surface area contributed by atoms with E-state index in [1.165, 1.54) is 0 Å². The van der Waals surface area contributed by atoms with E-state index in [0.717, 1.165) is 6.29 Å². The maximum atomic E-state index is 10.3. The van der Waals surface area contributed by atoms with Crippen molar-refractivity contribution in [3.05, 3.63) is 6.92 Å². The summed E-state index contributed by atoms with van der Waals surface area (Å²) in [5, 5.41) is 0. The summed E-state index contributed by atoms with van der Waals surface area (Å²) in [7, 11) is 0. The molecule has 1 aliphatic rings. The molecule has 0 saturated carbocycles. The van der Waals surface area contributed by atoms with Gasteiger partial charge in [-0.05, 0) is 20.8 Å². The average Bonchev–Trinajstić information content (AvgIpc) is 1.80. The zero-order chi connectivity index (χ0) is 7.78. The van der Waals surface area contributed by atoms with Crippen LogP contribution in [-0.2, 0) is 4.79 Å². The van der Waals surface area contributed by atoms with Crippen molar-refractivity contribution < 1.29 is 4.79 Å². The Labute approximate surface area is 62.2 Å². The number of carbonyl (C=O) groups is 1. The number of nitrogens with zero attached hydrogens (tertiary/aromatic N) is 1. The summed E-state index contributed by atoms with van der Waals surface area (Å²) in [6.45, 7) is 11.3. The van der Waals surface area contributed by atoms with Gasteiger partial charge in [-0.15, -0.1) is 0 Å². The van der Waals surface area contributed by atoms with Crippen molar-refractivity contribution in [2.75, 3.05) is 13.1 Å². The molecule has 1 saturated heterocycles. The Morgan fingerprint density at radius 2 is 2.10 bits per heavy atom. The zero-order valence-corrected chi connectivity index (χ0v) is 6.50. The molecule has 2 radical (unpaired) electrons. The zero-order valence-electron chi connectivity index (χ0n) is 6.50. The van der Waals surface area contributed by atoms with Crippen molar-refractivity contribution in [1.29, 1.82) is 0 Å². The van der Waals surface area contributed by atoms with Crippen molar-refractivity contribution in [1.82, 2.24) is 4.90 Å². The lowest BCUT2D eigenvalue weighted by molar-refractivity contribution is -0.122. The molecular formula is C8H13NO. The second-order valence-electron chi connectivity index (χ2n) is 3.35. The Morgan fingerprint density at radius 3 is 2.40 bits per heavy atom. The van der Waals surface area contributed by atoms with E-state index in [1.54, 1.807) is 0 Å². The lowest BCUT2D eigenvalue weighted by atomic mass is 9.83. The SMILES string of the molecule is [CH]C1(C=O)CN(C(C)C)C1. The van der Waals surface area contributed by atoms with E-state index < -0.39 is 5.41 Å². The topological polar surface area (TPSA) is 20.3 Å². The lowest BCUT2D eigenvalue weighted by Crippen LogP contribution is -2.58. The first-order valence-corrected chi connectivity index (χ1v) is 3.57. The van der Waals surface area contributed by atoms with Gasteiger partial charge in [-0.25, -0.2) is 0 Å². The summed E-state index contributed by atoms with van der Waals surface area (Å²) in [6, 6.07) is 0.511. The van der Waals surface area contributed by atoms with E-state index >= 15 is 0 Å². The van der Waals surface area contributed by atoms with Crippen molar-refractivity contribution in [2.24, 2.45) is 5.41 Å². The van der Waals surface area contributed by atoms with Crippen LogP contribution >= 0.6 is 0 Å². The molecule has 0 spiro atoms. The lowest BCUT2D eigenvalue weighted by Gasteiger charge is -2.46. The first-order chi connectivity index (χ1) is 4.57. The largest absolute Gasteiger partial charge is 0.303 e. The predicted molar refractivity (Wildman–Crippen MR) is 39.5 cm³/mol. The van der Waals surface area contributed by atoms with Gasteiger partial charge in [0.2, 0.25) is 0 Å². The van der Waals surface area contributed by atoms with Gasteiger partial charge in [-0.3, -0.25) is 4.90 Å². The molecule has 0 atom stereocenters. The predicted octanol–water partition coefficient (Wildman–Crippen LogP) is 0.607. The van der Waals surface area contributed by atoms with Gasteiger partial charge in [-0.1, -0.05) is 0 Å². The van der Waals surface area contributed by atoms with Gasteiger partial charge in [0.05, 0.1) is 5.41 Å². The molecule has 0 aromatic rings. The van der Waals surface area contributed by atoms with Crippen molar-refractivity contribution in [3.8, 4) is 0 Å². The van der Waals surface area contributed by atoms with E-state index in [-0.39, 0.29) is 0 Å². The molecule has 0 N–H and O–H groups in total. The van der Waals surface area contributed by atoms with Crippen LogP contribution in [-0.4, -0.2) is 30.3 Å². The molecule has 1 heterocycles. The summed E-state index contributed by atoms with van der Waals surface area (Å²) >= 11 is 0. The van der Waals surface area contributed by atoms with Crippen molar-refractivity contribution in [3.63, 3.8) is 0 Å². The normalized spacial score (nSPS) is 24.4. The molecule has 1 aliphatic heterocycles. The van der Waals surface area contributed by atoms with Crippen LogP contribution in [0.15, 0.2) is 0 Å². The Bertz CT molecular complexity index is 136. The Hall–Kier alpha value is -0.370. The fraction of sp³-hybridized carbons (Fsp3) is 0.750. The van der Waals surface area contributed by atoms with Crippen LogP contribution in [0, 0.1) is 12.3 Å². The molecule has 2 heteroatoms. The van der Waals surface area contributed by atoms with E-state index in [2.05, 4.69) is 18.7 Å². The fourth-order valence-electron chi connectivity index (χ4n) is 1.15. The highest BCUT2D eigenvalue weighted by molar-refractivity contribution is 5.63. The molecule has 0 aromatic carbocycles. The average molecular weight is 139 g/mol. The van der Waals surface area contributed by atoms with Gasteiger partial charge in [0, 0.05) is 19.1 Å². The standard InChI is InChI=1S/C8H13NO/c1-7(2)9-4-8(3,5-9)6-10/h3,6-7H,4-5H2,1-2H3. The number of carbonyl (C=O) groups excluding carboxylic acids is 1. The van der Waals surface area contributed by atoms with Crippen LogP contribution in [0.2, 0.25) is 0 Å². The maximum Gasteiger partial charge on any atom is 0.129 e. The fourth-order valence-corrected chi connectivity index (χ4v) is 1.15. The molecule has 1 fully saturated rings. The van der Waals surface area contributed by atoms with Crippen LogP contribution in [0.25, 0.3) is 0 Å². The van der Waals surface area contributed by atoms with E-state index in [4.69, 9.17) is 6.92 Å². The smallest absolute Gasteiger partial charge is 0.129 e. The minimum atomic E-state index is -0.537. The molecule has 0 bridgehead atoms. The molecule has 0 aromatic heterocycles. The van der Waals surface area contributed by atoms with Crippen molar-refractivity contribution >= 4 is 6.29 Å². The molecule has 2 nitrogen and oxygen atoms in total. The number of hydrogen-bond donors (Lipinski definition) is 0. The van der Waals surface area contributed by atoms with Gasteiger partial charge in [-0.2, -0.15) is 0 Å². The first-order valence-electron chi connectivity index (χ1n) is 3.57. The summed E-state index contributed by atoms with van der Waals surface area (Å²) < 4.78 is 0. The third kappa shape index (κ3) is 1.21. The first kappa shape index (κ1) is 7.73. The number of likely N-dealkylation sites (tertiary alicyclic amines) is 1.